The van der Waals surface area contributed by atoms with Crippen molar-refractivity contribution in [3.8, 4) is 5.75 Å². The summed E-state index contributed by atoms with van der Waals surface area (Å²) in [5, 5.41) is 3.21. The van der Waals surface area contributed by atoms with Crippen LogP contribution < -0.4 is 10.1 Å². The number of nitrogens with one attached hydrogen (secondary N) is 1. The van der Waals surface area contributed by atoms with E-state index >= 15 is 0 Å². The Hall–Kier alpha value is -1.62. The van der Waals surface area contributed by atoms with Crippen molar-refractivity contribution in [3.05, 3.63) is 52.4 Å². The first-order chi connectivity index (χ1) is 9.69. The Morgan fingerprint density at radius 1 is 1.30 bits per heavy atom. The minimum atomic E-state index is -0.381. The molecule has 1 N–H and O–H groups in total. The van der Waals surface area contributed by atoms with E-state index < -0.39 is 0 Å². The zero-order chi connectivity index (χ0) is 14.4. The molecule has 0 amide bonds. The van der Waals surface area contributed by atoms with Crippen molar-refractivity contribution < 1.29 is 9.13 Å². The van der Waals surface area contributed by atoms with Gasteiger partial charge in [0.25, 0.3) is 0 Å². The minimum absolute atomic E-state index is 0.216. The average Bonchev–Trinajstić information content (AvgIpc) is 2.46. The minimum Gasteiger partial charge on any atom is -0.484 e. The fraction of sp³-hybridized carbons (Fsp3) is 0.267. The molecule has 20 heavy (non-hydrogen) atoms. The van der Waals surface area contributed by atoms with Crippen LogP contribution in [0.3, 0.4) is 0 Å². The molecule has 0 aliphatic rings. The monoisotopic (exact) mass is 338 g/mol. The van der Waals surface area contributed by atoms with Crippen molar-refractivity contribution in [2.75, 3.05) is 11.9 Å². The van der Waals surface area contributed by atoms with Crippen LogP contribution in [0.1, 0.15) is 19.0 Å². The number of benzene rings is 1. The highest BCUT2D eigenvalue weighted by molar-refractivity contribution is 9.10. The normalized spacial score (nSPS) is 10.3. The van der Waals surface area contributed by atoms with E-state index in [0.29, 0.717) is 0 Å². The van der Waals surface area contributed by atoms with Gasteiger partial charge in [0, 0.05) is 11.0 Å². The Morgan fingerprint density at radius 2 is 2.15 bits per heavy atom. The van der Waals surface area contributed by atoms with Crippen LogP contribution in [0.4, 0.5) is 10.2 Å². The number of rotatable bonds is 6. The molecule has 5 heteroatoms. The molecule has 0 saturated heterocycles. The van der Waals surface area contributed by atoms with E-state index in [9.17, 15) is 4.39 Å². The lowest BCUT2D eigenvalue weighted by atomic mass is 10.3. The Morgan fingerprint density at radius 3 is 2.95 bits per heavy atom. The Labute approximate surface area is 126 Å². The van der Waals surface area contributed by atoms with Gasteiger partial charge in [-0.2, -0.15) is 0 Å². The maximum atomic E-state index is 13.5. The van der Waals surface area contributed by atoms with Gasteiger partial charge in [0.1, 0.15) is 12.4 Å². The second-order valence-electron chi connectivity index (χ2n) is 4.30. The lowest BCUT2D eigenvalue weighted by Gasteiger charge is -2.09. The van der Waals surface area contributed by atoms with Crippen LogP contribution in [-0.4, -0.2) is 11.5 Å². The largest absolute Gasteiger partial charge is 0.484 e. The summed E-state index contributed by atoms with van der Waals surface area (Å²) in [6, 6.07) is 10.3. The lowest BCUT2D eigenvalue weighted by Crippen LogP contribution is -2.05. The van der Waals surface area contributed by atoms with Crippen molar-refractivity contribution in [2.24, 2.45) is 0 Å². The Balaban J connectivity index is 2.01. The number of halogens is 2. The quantitative estimate of drug-likeness (QED) is 0.848. The molecule has 0 atom stereocenters. The van der Waals surface area contributed by atoms with Crippen molar-refractivity contribution in [1.82, 2.24) is 4.98 Å². The van der Waals surface area contributed by atoms with Crippen molar-refractivity contribution in [3.63, 3.8) is 0 Å². The molecule has 0 unspecified atom stereocenters. The summed E-state index contributed by atoms with van der Waals surface area (Å²) >= 11 is 3.29. The summed E-state index contributed by atoms with van der Waals surface area (Å²) in [5.41, 5.74) is 0.755. The number of aromatic nitrogens is 1. The number of hydrogen-bond donors (Lipinski definition) is 1. The maximum Gasteiger partial charge on any atom is 0.165 e. The van der Waals surface area contributed by atoms with Crippen LogP contribution in [0, 0.1) is 5.82 Å². The highest BCUT2D eigenvalue weighted by Gasteiger charge is 2.05. The molecule has 0 bridgehead atoms. The van der Waals surface area contributed by atoms with Crippen molar-refractivity contribution in [1.29, 1.82) is 0 Å². The summed E-state index contributed by atoms with van der Waals surface area (Å²) < 4.78 is 19.8. The first-order valence-corrected chi connectivity index (χ1v) is 7.26. The molecule has 1 aromatic heterocycles. The Bertz CT molecular complexity index is 578. The molecular weight excluding hydrogens is 323 g/mol. The van der Waals surface area contributed by atoms with Crippen LogP contribution in [0.5, 0.6) is 5.75 Å². The van der Waals surface area contributed by atoms with Crippen molar-refractivity contribution in [2.45, 2.75) is 20.0 Å². The molecule has 2 aromatic rings. The third kappa shape index (κ3) is 4.20. The van der Waals surface area contributed by atoms with Gasteiger partial charge >= 0.3 is 0 Å². The summed E-state index contributed by atoms with van der Waals surface area (Å²) in [4.78, 5) is 4.41. The summed E-state index contributed by atoms with van der Waals surface area (Å²) in [6.07, 6.45) is 1.03. The zero-order valence-electron chi connectivity index (χ0n) is 11.2. The van der Waals surface area contributed by atoms with Gasteiger partial charge in [-0.25, -0.2) is 9.37 Å². The molecular formula is C15H16BrFN2O. The summed E-state index contributed by atoms with van der Waals surface area (Å²) in [5.74, 6) is 0.643. The van der Waals surface area contributed by atoms with Crippen LogP contribution in [0.15, 0.2) is 40.9 Å². The van der Waals surface area contributed by atoms with E-state index in [1.165, 1.54) is 6.07 Å². The standard InChI is InChI=1S/C15H16BrFN2O/c1-2-8-18-15-5-3-4-12(19-15)10-20-14-9-11(16)6-7-13(14)17/h3-7,9H,2,8,10H2,1H3,(H,18,19). The molecule has 106 valence electrons. The van der Waals surface area contributed by atoms with E-state index in [2.05, 4.69) is 33.2 Å². The van der Waals surface area contributed by atoms with Gasteiger partial charge in [-0.1, -0.05) is 28.9 Å². The predicted molar refractivity (Wildman–Crippen MR) is 81.4 cm³/mol. The molecule has 1 heterocycles. The molecule has 0 fully saturated rings. The second kappa shape index (κ2) is 7.24. The van der Waals surface area contributed by atoms with Gasteiger partial charge in [-0.15, -0.1) is 0 Å². The van der Waals surface area contributed by atoms with Gasteiger partial charge in [-0.05, 0) is 36.8 Å². The molecule has 0 saturated carbocycles. The summed E-state index contributed by atoms with van der Waals surface area (Å²) in [7, 11) is 0. The van der Waals surface area contributed by atoms with E-state index in [0.717, 1.165) is 29.0 Å². The van der Waals surface area contributed by atoms with E-state index in [1.807, 2.05) is 18.2 Å². The predicted octanol–water partition coefficient (Wildman–Crippen LogP) is 4.38. The topological polar surface area (TPSA) is 34.1 Å². The number of hydrogen-bond acceptors (Lipinski definition) is 3. The first-order valence-electron chi connectivity index (χ1n) is 6.46. The third-order valence-electron chi connectivity index (χ3n) is 2.63. The molecule has 3 nitrogen and oxygen atoms in total. The number of anilines is 1. The van der Waals surface area contributed by atoms with Gasteiger partial charge in [0.15, 0.2) is 11.6 Å². The maximum absolute atomic E-state index is 13.5. The van der Waals surface area contributed by atoms with E-state index in [-0.39, 0.29) is 18.2 Å². The third-order valence-corrected chi connectivity index (χ3v) is 3.12. The van der Waals surface area contributed by atoms with Gasteiger partial charge in [-0.3, -0.25) is 0 Å². The SMILES string of the molecule is CCCNc1cccc(COc2cc(Br)ccc2F)n1. The van der Waals surface area contributed by atoms with E-state index in [4.69, 9.17) is 4.74 Å². The Kier molecular flexibility index (Phi) is 5.35. The highest BCUT2D eigenvalue weighted by atomic mass is 79.9. The van der Waals surface area contributed by atoms with Crippen LogP contribution in [-0.2, 0) is 6.61 Å². The van der Waals surface area contributed by atoms with Gasteiger partial charge in [0.05, 0.1) is 5.69 Å². The summed E-state index contributed by atoms with van der Waals surface area (Å²) in [6.45, 7) is 3.20. The van der Waals surface area contributed by atoms with Crippen molar-refractivity contribution >= 4 is 21.7 Å². The molecule has 1 aromatic carbocycles. The fourth-order valence-corrected chi connectivity index (χ4v) is 1.99. The molecule has 0 aliphatic carbocycles. The molecule has 0 aliphatic heterocycles. The molecule has 2 rings (SSSR count). The van der Waals surface area contributed by atoms with E-state index in [1.54, 1.807) is 12.1 Å². The van der Waals surface area contributed by atoms with Crippen LogP contribution in [0.2, 0.25) is 0 Å². The second-order valence-corrected chi connectivity index (χ2v) is 5.22. The molecule has 0 radical (unpaired) electrons. The number of ether oxygens (including phenoxy) is 1. The van der Waals surface area contributed by atoms with Crippen LogP contribution in [0.25, 0.3) is 0 Å². The smallest absolute Gasteiger partial charge is 0.165 e. The van der Waals surface area contributed by atoms with Crippen LogP contribution >= 0.6 is 15.9 Å². The highest BCUT2D eigenvalue weighted by Crippen LogP contribution is 2.23. The van der Waals surface area contributed by atoms with Gasteiger partial charge < -0.3 is 10.1 Å². The fourth-order valence-electron chi connectivity index (χ4n) is 1.65. The molecule has 0 spiro atoms. The first kappa shape index (κ1) is 14.8. The average molecular weight is 339 g/mol. The number of pyridine rings is 1. The lowest BCUT2D eigenvalue weighted by molar-refractivity contribution is 0.286. The van der Waals surface area contributed by atoms with Gasteiger partial charge in [0.2, 0.25) is 0 Å². The number of nitrogens with zero attached hydrogens (tertiary/aromatic N) is 1. The zero-order valence-corrected chi connectivity index (χ0v) is 12.8.